The van der Waals surface area contributed by atoms with Crippen molar-refractivity contribution in [2.45, 2.75) is 39.3 Å². The zero-order valence-corrected chi connectivity index (χ0v) is 17.0. The van der Waals surface area contributed by atoms with Crippen molar-refractivity contribution in [2.75, 3.05) is 19.6 Å². The molecular formula is C23H29FN4O. The molecule has 6 heteroatoms. The topological polar surface area (TPSA) is 56.7 Å². The Labute approximate surface area is 172 Å². The van der Waals surface area contributed by atoms with Crippen molar-refractivity contribution in [3.8, 4) is 0 Å². The average molecular weight is 397 g/mol. The summed E-state index contributed by atoms with van der Waals surface area (Å²) in [5.74, 6) is 0.787. The van der Waals surface area contributed by atoms with Gasteiger partial charge in [0.05, 0.1) is 6.54 Å². The van der Waals surface area contributed by atoms with Crippen LogP contribution >= 0.6 is 0 Å². The fourth-order valence-electron chi connectivity index (χ4n) is 3.37. The molecule has 0 radical (unpaired) electrons. The Kier molecular flexibility index (Phi) is 7.61. The van der Waals surface area contributed by atoms with Crippen LogP contribution in [0.4, 0.5) is 4.39 Å². The Morgan fingerprint density at radius 3 is 2.59 bits per heavy atom. The van der Waals surface area contributed by atoms with Gasteiger partial charge >= 0.3 is 0 Å². The normalized spacial score (nSPS) is 14.3. The van der Waals surface area contributed by atoms with Crippen molar-refractivity contribution in [1.29, 1.82) is 0 Å². The number of hydrogen-bond donors (Lipinski definition) is 2. The van der Waals surface area contributed by atoms with Gasteiger partial charge in [-0.3, -0.25) is 4.79 Å². The van der Waals surface area contributed by atoms with Crippen LogP contribution in [0.25, 0.3) is 0 Å². The first-order chi connectivity index (χ1) is 14.1. The first-order valence-corrected chi connectivity index (χ1v) is 10.3. The van der Waals surface area contributed by atoms with E-state index in [-0.39, 0.29) is 11.7 Å². The van der Waals surface area contributed by atoms with Crippen LogP contribution in [0.5, 0.6) is 0 Å². The summed E-state index contributed by atoms with van der Waals surface area (Å²) in [5.41, 5.74) is 3.22. The van der Waals surface area contributed by atoms with E-state index in [1.807, 2.05) is 17.9 Å². The van der Waals surface area contributed by atoms with E-state index in [1.54, 1.807) is 12.1 Å². The second-order valence-corrected chi connectivity index (χ2v) is 7.24. The maximum Gasteiger partial charge on any atom is 0.222 e. The van der Waals surface area contributed by atoms with Crippen molar-refractivity contribution in [3.63, 3.8) is 0 Å². The first kappa shape index (κ1) is 20.8. The molecule has 2 aromatic rings. The summed E-state index contributed by atoms with van der Waals surface area (Å²) in [6.45, 7) is 5.59. The predicted molar refractivity (Wildman–Crippen MR) is 114 cm³/mol. The number of amides is 1. The van der Waals surface area contributed by atoms with E-state index in [2.05, 4.69) is 39.9 Å². The third-order valence-corrected chi connectivity index (χ3v) is 4.93. The summed E-state index contributed by atoms with van der Waals surface area (Å²) in [4.78, 5) is 18.3. The van der Waals surface area contributed by atoms with Crippen molar-refractivity contribution in [3.05, 3.63) is 71.0 Å². The molecule has 0 aliphatic carbocycles. The number of nitrogens with one attached hydrogen (secondary N) is 2. The Morgan fingerprint density at radius 1 is 1.10 bits per heavy atom. The van der Waals surface area contributed by atoms with E-state index >= 15 is 0 Å². The molecule has 154 valence electrons. The molecule has 3 rings (SSSR count). The second kappa shape index (κ2) is 10.6. The smallest absolute Gasteiger partial charge is 0.222 e. The number of carbonyl (C=O) groups excluding carboxylic acids is 1. The van der Waals surface area contributed by atoms with Gasteiger partial charge in [0, 0.05) is 32.6 Å². The van der Waals surface area contributed by atoms with Crippen LogP contribution in [-0.2, 0) is 24.3 Å². The van der Waals surface area contributed by atoms with Gasteiger partial charge in [-0.05, 0) is 48.6 Å². The number of guanidine groups is 1. The average Bonchev–Trinajstić information content (AvgIpc) is 3.12. The van der Waals surface area contributed by atoms with Crippen molar-refractivity contribution < 1.29 is 9.18 Å². The van der Waals surface area contributed by atoms with E-state index < -0.39 is 0 Å². The Bertz CT molecular complexity index is 835. The third kappa shape index (κ3) is 6.59. The standard InChI is InChI=1S/C23H29FN4O/c1-2-25-23(26-13-12-18-5-3-6-21(24)15-18)27-16-19-8-10-20(11-9-19)17-28-14-4-7-22(28)29/h3,5-6,8-11,15H,2,4,7,12-14,16-17H2,1H3,(H2,25,26,27). The van der Waals surface area contributed by atoms with Crippen LogP contribution in [0.3, 0.4) is 0 Å². The van der Waals surface area contributed by atoms with Crippen molar-refractivity contribution in [1.82, 2.24) is 15.5 Å². The monoisotopic (exact) mass is 396 g/mol. The van der Waals surface area contributed by atoms with Crippen molar-refractivity contribution >= 4 is 11.9 Å². The molecule has 5 nitrogen and oxygen atoms in total. The molecule has 1 amide bonds. The molecule has 0 spiro atoms. The Morgan fingerprint density at radius 2 is 1.90 bits per heavy atom. The quantitative estimate of drug-likeness (QED) is 0.532. The highest BCUT2D eigenvalue weighted by molar-refractivity contribution is 5.79. The molecule has 2 N–H and O–H groups in total. The molecule has 0 unspecified atom stereocenters. The highest BCUT2D eigenvalue weighted by atomic mass is 19.1. The van der Waals surface area contributed by atoms with Crippen LogP contribution < -0.4 is 10.6 Å². The fraction of sp³-hybridized carbons (Fsp3) is 0.391. The lowest BCUT2D eigenvalue weighted by Crippen LogP contribution is -2.38. The number of aliphatic imine (C=N–C) groups is 1. The van der Waals surface area contributed by atoms with Gasteiger partial charge < -0.3 is 15.5 Å². The highest BCUT2D eigenvalue weighted by Gasteiger charge is 2.19. The molecule has 0 bridgehead atoms. The van der Waals surface area contributed by atoms with Gasteiger partial charge in [-0.1, -0.05) is 36.4 Å². The van der Waals surface area contributed by atoms with Crippen LogP contribution in [0.2, 0.25) is 0 Å². The first-order valence-electron chi connectivity index (χ1n) is 10.3. The number of rotatable bonds is 8. The molecule has 2 aromatic carbocycles. The molecular weight excluding hydrogens is 367 g/mol. The molecule has 0 saturated carbocycles. The molecule has 1 fully saturated rings. The number of likely N-dealkylation sites (tertiary alicyclic amines) is 1. The van der Waals surface area contributed by atoms with Gasteiger partial charge in [0.25, 0.3) is 0 Å². The molecule has 1 saturated heterocycles. The number of hydrogen-bond acceptors (Lipinski definition) is 2. The van der Waals surface area contributed by atoms with Gasteiger partial charge in [0.2, 0.25) is 5.91 Å². The minimum Gasteiger partial charge on any atom is -0.357 e. The maximum atomic E-state index is 13.3. The van der Waals surface area contributed by atoms with E-state index in [9.17, 15) is 9.18 Å². The van der Waals surface area contributed by atoms with E-state index in [4.69, 9.17) is 0 Å². The Balaban J connectivity index is 1.50. The lowest BCUT2D eigenvalue weighted by Gasteiger charge is -2.15. The summed E-state index contributed by atoms with van der Waals surface area (Å²) >= 11 is 0. The van der Waals surface area contributed by atoms with Crippen LogP contribution in [-0.4, -0.2) is 36.4 Å². The molecule has 29 heavy (non-hydrogen) atoms. The molecule has 0 atom stereocenters. The zero-order chi connectivity index (χ0) is 20.5. The second-order valence-electron chi connectivity index (χ2n) is 7.24. The predicted octanol–water partition coefficient (Wildman–Crippen LogP) is 3.25. The third-order valence-electron chi connectivity index (χ3n) is 4.93. The molecule has 1 aliphatic heterocycles. The van der Waals surface area contributed by atoms with Gasteiger partial charge in [0.15, 0.2) is 5.96 Å². The summed E-state index contributed by atoms with van der Waals surface area (Å²) in [7, 11) is 0. The summed E-state index contributed by atoms with van der Waals surface area (Å²) in [6.07, 6.45) is 2.36. The highest BCUT2D eigenvalue weighted by Crippen LogP contribution is 2.15. The van der Waals surface area contributed by atoms with Gasteiger partial charge in [-0.2, -0.15) is 0 Å². The summed E-state index contributed by atoms with van der Waals surface area (Å²) in [5, 5.41) is 6.53. The number of benzene rings is 2. The van der Waals surface area contributed by atoms with Crippen molar-refractivity contribution in [2.24, 2.45) is 4.99 Å². The maximum absolute atomic E-state index is 13.3. The lowest BCUT2D eigenvalue weighted by atomic mass is 10.1. The van der Waals surface area contributed by atoms with Crippen LogP contribution in [0, 0.1) is 5.82 Å². The van der Waals surface area contributed by atoms with Crippen LogP contribution in [0.15, 0.2) is 53.5 Å². The lowest BCUT2D eigenvalue weighted by molar-refractivity contribution is -0.128. The minimum absolute atomic E-state index is 0.208. The van der Waals surface area contributed by atoms with Crippen LogP contribution in [0.1, 0.15) is 36.5 Å². The molecule has 1 aliphatic rings. The number of nitrogens with zero attached hydrogens (tertiary/aromatic N) is 2. The fourth-order valence-corrected chi connectivity index (χ4v) is 3.37. The Hall–Kier alpha value is -2.89. The molecule has 1 heterocycles. The minimum atomic E-state index is -0.208. The van der Waals surface area contributed by atoms with Gasteiger partial charge in [0.1, 0.15) is 5.82 Å². The summed E-state index contributed by atoms with van der Waals surface area (Å²) < 4.78 is 13.3. The number of halogens is 1. The van der Waals surface area contributed by atoms with E-state index in [1.165, 1.54) is 6.07 Å². The summed E-state index contributed by atoms with van der Waals surface area (Å²) in [6, 6.07) is 14.9. The molecule has 0 aromatic heterocycles. The van der Waals surface area contributed by atoms with Gasteiger partial charge in [-0.15, -0.1) is 0 Å². The largest absolute Gasteiger partial charge is 0.357 e. The number of carbonyl (C=O) groups is 1. The van der Waals surface area contributed by atoms with E-state index in [0.29, 0.717) is 26.1 Å². The van der Waals surface area contributed by atoms with Gasteiger partial charge in [-0.25, -0.2) is 9.38 Å². The van der Waals surface area contributed by atoms with E-state index in [0.717, 1.165) is 48.6 Å². The SMILES string of the molecule is CCNC(=NCc1ccc(CN2CCCC2=O)cc1)NCCc1cccc(F)c1. The zero-order valence-electron chi connectivity index (χ0n) is 17.0.